The summed E-state index contributed by atoms with van der Waals surface area (Å²) in [4.78, 5) is 49.2. The number of ether oxygens (including phenoxy) is 1. The number of carbonyl (C=O) groups excluding carboxylic acids is 4. The molecule has 0 bridgehead atoms. The van der Waals surface area contributed by atoms with E-state index in [9.17, 15) is 19.2 Å². The Morgan fingerprint density at radius 3 is 2.32 bits per heavy atom. The molecule has 0 spiro atoms. The van der Waals surface area contributed by atoms with Crippen LogP contribution in [-0.4, -0.2) is 41.9 Å². The fourth-order valence-corrected chi connectivity index (χ4v) is 3.43. The average molecular weight is 423 g/mol. The Bertz CT molecular complexity index is 1010. The molecule has 3 rings (SSSR count). The molecule has 2 N–H and O–H groups in total. The molecule has 0 aliphatic carbocycles. The van der Waals surface area contributed by atoms with Gasteiger partial charge in [0.1, 0.15) is 0 Å². The fraction of sp³-hybridized carbons (Fsp3) is 0.304. The zero-order valence-corrected chi connectivity index (χ0v) is 17.7. The van der Waals surface area contributed by atoms with Crippen molar-refractivity contribution in [3.63, 3.8) is 0 Å². The van der Waals surface area contributed by atoms with E-state index in [1.807, 2.05) is 38.1 Å². The minimum absolute atomic E-state index is 0.00614. The molecule has 8 nitrogen and oxygen atoms in total. The fourth-order valence-electron chi connectivity index (χ4n) is 3.43. The highest BCUT2D eigenvalue weighted by Gasteiger charge is 2.36. The summed E-state index contributed by atoms with van der Waals surface area (Å²) in [5.41, 5.74) is 6.25. The SMILES string of the molecule is Cc1ccccc1C(=O)NN1C[C@@H](C(=O)OCC(=O)Nc2c(C)cccc2C)CC1=O. The number of hydrazine groups is 1. The highest BCUT2D eigenvalue weighted by molar-refractivity contribution is 5.98. The first-order chi connectivity index (χ1) is 14.8. The summed E-state index contributed by atoms with van der Waals surface area (Å²) in [5, 5.41) is 3.86. The maximum absolute atomic E-state index is 12.4. The van der Waals surface area contributed by atoms with Gasteiger partial charge in [0.15, 0.2) is 6.61 Å². The number of hydrogen-bond acceptors (Lipinski definition) is 5. The molecule has 1 fully saturated rings. The van der Waals surface area contributed by atoms with E-state index in [1.165, 1.54) is 0 Å². The van der Waals surface area contributed by atoms with Crippen molar-refractivity contribution in [1.82, 2.24) is 10.4 Å². The molecule has 0 saturated carbocycles. The number of aryl methyl sites for hydroxylation is 3. The van der Waals surface area contributed by atoms with Crippen LogP contribution in [0.4, 0.5) is 5.69 Å². The van der Waals surface area contributed by atoms with Crippen LogP contribution in [0.2, 0.25) is 0 Å². The lowest BCUT2D eigenvalue weighted by atomic mass is 10.1. The normalized spacial score (nSPS) is 15.5. The molecule has 31 heavy (non-hydrogen) atoms. The molecule has 2 aromatic rings. The second-order valence-corrected chi connectivity index (χ2v) is 7.58. The lowest BCUT2D eigenvalue weighted by molar-refractivity contribution is -0.151. The highest BCUT2D eigenvalue weighted by Crippen LogP contribution is 2.20. The van der Waals surface area contributed by atoms with Crippen molar-refractivity contribution in [3.05, 3.63) is 64.7 Å². The number of nitrogens with one attached hydrogen (secondary N) is 2. The van der Waals surface area contributed by atoms with Crippen molar-refractivity contribution >= 4 is 29.4 Å². The molecule has 1 aliphatic rings. The average Bonchev–Trinajstić information content (AvgIpc) is 3.09. The van der Waals surface area contributed by atoms with Crippen LogP contribution in [0.1, 0.15) is 33.5 Å². The van der Waals surface area contributed by atoms with Gasteiger partial charge in [0.25, 0.3) is 11.8 Å². The molecule has 1 saturated heterocycles. The molecule has 0 radical (unpaired) electrons. The standard InChI is InChI=1S/C23H25N3O5/c1-14-7-4-5-10-18(14)22(29)25-26-12-17(11-20(26)28)23(30)31-13-19(27)24-21-15(2)8-6-9-16(21)3/h4-10,17H,11-13H2,1-3H3,(H,24,27)(H,25,29)/t17-/m0/s1. The van der Waals surface area contributed by atoms with Gasteiger partial charge in [0.05, 0.1) is 12.5 Å². The van der Waals surface area contributed by atoms with Crippen LogP contribution >= 0.6 is 0 Å². The Labute approximate surface area is 180 Å². The summed E-state index contributed by atoms with van der Waals surface area (Å²) in [7, 11) is 0. The van der Waals surface area contributed by atoms with E-state index in [-0.39, 0.29) is 18.9 Å². The van der Waals surface area contributed by atoms with Gasteiger partial charge in [-0.05, 0) is 43.5 Å². The van der Waals surface area contributed by atoms with Gasteiger partial charge in [-0.1, -0.05) is 36.4 Å². The van der Waals surface area contributed by atoms with Crippen LogP contribution < -0.4 is 10.7 Å². The molecule has 8 heteroatoms. The molecular weight excluding hydrogens is 398 g/mol. The minimum Gasteiger partial charge on any atom is -0.455 e. The van der Waals surface area contributed by atoms with Crippen molar-refractivity contribution in [3.8, 4) is 0 Å². The predicted molar refractivity (Wildman–Crippen MR) is 114 cm³/mol. The largest absolute Gasteiger partial charge is 0.455 e. The molecule has 3 amide bonds. The van der Waals surface area contributed by atoms with E-state index in [2.05, 4.69) is 10.7 Å². The third-order valence-electron chi connectivity index (χ3n) is 5.18. The summed E-state index contributed by atoms with van der Waals surface area (Å²) >= 11 is 0. The summed E-state index contributed by atoms with van der Waals surface area (Å²) in [6, 6.07) is 12.6. The van der Waals surface area contributed by atoms with Crippen molar-refractivity contribution in [2.45, 2.75) is 27.2 Å². The number of nitrogens with zero attached hydrogens (tertiary/aromatic N) is 1. The van der Waals surface area contributed by atoms with Crippen molar-refractivity contribution < 1.29 is 23.9 Å². The van der Waals surface area contributed by atoms with Gasteiger partial charge in [-0.15, -0.1) is 0 Å². The Morgan fingerprint density at radius 2 is 1.65 bits per heavy atom. The number of anilines is 1. The van der Waals surface area contributed by atoms with E-state index in [0.717, 1.165) is 21.7 Å². The number of benzene rings is 2. The Balaban J connectivity index is 1.51. The molecule has 0 unspecified atom stereocenters. The van der Waals surface area contributed by atoms with E-state index in [1.54, 1.807) is 25.1 Å². The first-order valence-electron chi connectivity index (χ1n) is 9.96. The van der Waals surface area contributed by atoms with Gasteiger partial charge in [-0.2, -0.15) is 0 Å². The number of amides is 3. The quantitative estimate of drug-likeness (QED) is 0.694. The van der Waals surface area contributed by atoms with Gasteiger partial charge in [-0.25, -0.2) is 0 Å². The molecule has 1 heterocycles. The van der Waals surface area contributed by atoms with Crippen LogP contribution in [0.3, 0.4) is 0 Å². The zero-order chi connectivity index (χ0) is 22.5. The lowest BCUT2D eigenvalue weighted by Gasteiger charge is -2.18. The number of para-hydroxylation sites is 1. The first-order valence-corrected chi connectivity index (χ1v) is 9.96. The number of hydrogen-bond donors (Lipinski definition) is 2. The minimum atomic E-state index is -0.752. The van der Waals surface area contributed by atoms with Crippen LogP contribution in [0.25, 0.3) is 0 Å². The molecule has 0 aromatic heterocycles. The summed E-state index contributed by atoms with van der Waals surface area (Å²) in [5.74, 6) is -2.67. The third kappa shape index (κ3) is 5.28. The van der Waals surface area contributed by atoms with Crippen molar-refractivity contribution in [2.24, 2.45) is 5.92 Å². The smallest absolute Gasteiger partial charge is 0.311 e. The van der Waals surface area contributed by atoms with Gasteiger partial charge in [-0.3, -0.25) is 29.6 Å². The molecule has 1 aliphatic heterocycles. The zero-order valence-electron chi connectivity index (χ0n) is 17.7. The van der Waals surface area contributed by atoms with Crippen LogP contribution in [-0.2, 0) is 19.1 Å². The second-order valence-electron chi connectivity index (χ2n) is 7.58. The lowest BCUT2D eigenvalue weighted by Crippen LogP contribution is -2.43. The van der Waals surface area contributed by atoms with E-state index < -0.39 is 30.3 Å². The predicted octanol–water partition coefficient (Wildman–Crippen LogP) is 2.29. The molecular formula is C23H25N3O5. The molecule has 2 aromatic carbocycles. The van der Waals surface area contributed by atoms with Crippen molar-refractivity contribution in [2.75, 3.05) is 18.5 Å². The number of esters is 1. The summed E-state index contributed by atoms with van der Waals surface area (Å²) in [6.07, 6.45) is -0.0919. The first kappa shape index (κ1) is 22.0. The van der Waals surface area contributed by atoms with Crippen LogP contribution in [0, 0.1) is 26.7 Å². The summed E-state index contributed by atoms with van der Waals surface area (Å²) < 4.78 is 5.10. The van der Waals surface area contributed by atoms with E-state index in [0.29, 0.717) is 11.3 Å². The molecule has 162 valence electrons. The topological polar surface area (TPSA) is 105 Å². The second kappa shape index (κ2) is 9.42. The number of rotatable bonds is 6. The van der Waals surface area contributed by atoms with E-state index in [4.69, 9.17) is 4.74 Å². The van der Waals surface area contributed by atoms with Gasteiger partial charge < -0.3 is 10.1 Å². The molecule has 1 atom stereocenters. The monoisotopic (exact) mass is 423 g/mol. The number of carbonyl (C=O) groups is 4. The summed E-state index contributed by atoms with van der Waals surface area (Å²) in [6.45, 7) is 5.09. The Kier molecular flexibility index (Phi) is 6.69. The third-order valence-corrected chi connectivity index (χ3v) is 5.18. The van der Waals surface area contributed by atoms with E-state index >= 15 is 0 Å². The maximum Gasteiger partial charge on any atom is 0.311 e. The highest BCUT2D eigenvalue weighted by atomic mass is 16.5. The van der Waals surface area contributed by atoms with Crippen molar-refractivity contribution in [1.29, 1.82) is 0 Å². The Hall–Kier alpha value is -3.68. The van der Waals surface area contributed by atoms with Crippen LogP contribution in [0.5, 0.6) is 0 Å². The Morgan fingerprint density at radius 1 is 1.00 bits per heavy atom. The van der Waals surface area contributed by atoms with Gasteiger partial charge in [0.2, 0.25) is 5.91 Å². The van der Waals surface area contributed by atoms with Crippen LogP contribution in [0.15, 0.2) is 42.5 Å². The van der Waals surface area contributed by atoms with Gasteiger partial charge in [0, 0.05) is 17.7 Å². The maximum atomic E-state index is 12.4. The van der Waals surface area contributed by atoms with Gasteiger partial charge >= 0.3 is 5.97 Å².